The van der Waals surface area contributed by atoms with E-state index in [9.17, 15) is 19.8 Å². The van der Waals surface area contributed by atoms with E-state index in [1.165, 1.54) is 11.6 Å². The fourth-order valence-corrected chi connectivity index (χ4v) is 6.78. The lowest BCUT2D eigenvalue weighted by atomic mass is 9.72. The minimum absolute atomic E-state index is 0.0797. The molecule has 226 valence electrons. The number of carbonyl (C=O) groups is 2. The molecule has 4 rings (SSSR count). The topological polar surface area (TPSA) is 102 Å². The van der Waals surface area contributed by atoms with Gasteiger partial charge in [0.25, 0.3) is 0 Å². The molecule has 2 N–H and O–H groups in total. The van der Waals surface area contributed by atoms with Crippen LogP contribution in [0.5, 0.6) is 0 Å². The zero-order valence-corrected chi connectivity index (χ0v) is 25.5. The highest BCUT2D eigenvalue weighted by Crippen LogP contribution is 2.45. The number of fused-ring (bicyclic) bond motifs is 3. The van der Waals surface area contributed by atoms with Crippen molar-refractivity contribution in [2.75, 3.05) is 6.61 Å². The van der Waals surface area contributed by atoms with E-state index < -0.39 is 36.0 Å². The fraction of sp³-hybridized carbons (Fsp3) is 0.647. The number of carbonyl (C=O) groups excluding carboxylic acids is 2. The first-order valence-corrected chi connectivity index (χ1v) is 15.2. The van der Waals surface area contributed by atoms with Crippen molar-refractivity contribution in [2.24, 2.45) is 17.8 Å². The molecule has 3 aliphatic heterocycles. The van der Waals surface area contributed by atoms with Crippen LogP contribution in [0.15, 0.2) is 58.7 Å². The van der Waals surface area contributed by atoms with Crippen LogP contribution in [-0.2, 0) is 23.8 Å². The monoisotopic (exact) mass is 568 g/mol. The van der Waals surface area contributed by atoms with Gasteiger partial charge in [-0.25, -0.2) is 0 Å². The molecule has 8 atom stereocenters. The molecule has 2 fully saturated rings. The standard InChI is InChI=1S/C34H48O7/c1-7-23(4)31-24(5)13-14-33(41-31)18-28-17-27(40-33)12-11-22(3)15-21(2)9-8-10-26(20-35)34(38)19-30(36)25(6)16-29(34)32(37)39-28/h7-11,16,21,24,27-29,31,35,38H,12-15,17-20H2,1-6H3. The van der Waals surface area contributed by atoms with Crippen molar-refractivity contribution in [1.29, 1.82) is 0 Å². The van der Waals surface area contributed by atoms with Crippen LogP contribution in [-0.4, -0.2) is 58.3 Å². The van der Waals surface area contributed by atoms with Crippen LogP contribution in [0.1, 0.15) is 86.5 Å². The molecule has 0 amide bonds. The SMILES string of the molecule is CC=C(C)C1OC2(CCC1C)CC1CC(CC=C(C)CC(C)C=CC=C(CO)C3(O)CC(=O)C(C)=CC3C(=O)O1)O2. The van der Waals surface area contributed by atoms with Crippen LogP contribution in [0, 0.1) is 17.8 Å². The van der Waals surface area contributed by atoms with Crippen molar-refractivity contribution >= 4 is 11.8 Å². The Morgan fingerprint density at radius 2 is 1.93 bits per heavy atom. The number of allylic oxidation sites excluding steroid dienone is 6. The maximum absolute atomic E-state index is 13.8. The van der Waals surface area contributed by atoms with Gasteiger partial charge in [0.15, 0.2) is 11.6 Å². The van der Waals surface area contributed by atoms with Crippen LogP contribution < -0.4 is 0 Å². The van der Waals surface area contributed by atoms with Gasteiger partial charge in [0, 0.05) is 25.7 Å². The minimum atomic E-state index is -1.88. The molecule has 7 heteroatoms. The average Bonchev–Trinajstić information content (AvgIpc) is 2.92. The van der Waals surface area contributed by atoms with Gasteiger partial charge in [-0.1, -0.05) is 55.9 Å². The summed E-state index contributed by atoms with van der Waals surface area (Å²) < 4.78 is 19.6. The van der Waals surface area contributed by atoms with Crippen LogP contribution in [0.4, 0.5) is 0 Å². The second-order valence-corrected chi connectivity index (χ2v) is 12.8. The van der Waals surface area contributed by atoms with Crippen molar-refractivity contribution in [3.63, 3.8) is 0 Å². The Morgan fingerprint density at radius 3 is 2.63 bits per heavy atom. The smallest absolute Gasteiger partial charge is 0.316 e. The minimum Gasteiger partial charge on any atom is -0.462 e. The van der Waals surface area contributed by atoms with Crippen LogP contribution >= 0.6 is 0 Å². The summed E-state index contributed by atoms with van der Waals surface area (Å²) in [6.07, 6.45) is 14.2. The van der Waals surface area contributed by atoms with Crippen molar-refractivity contribution < 1.29 is 34.0 Å². The highest BCUT2D eigenvalue weighted by atomic mass is 16.7. The molecule has 1 aliphatic carbocycles. The molecule has 8 unspecified atom stereocenters. The first-order chi connectivity index (χ1) is 19.4. The largest absolute Gasteiger partial charge is 0.462 e. The average molecular weight is 569 g/mol. The summed E-state index contributed by atoms with van der Waals surface area (Å²) in [5.74, 6) is -2.32. The van der Waals surface area contributed by atoms with Gasteiger partial charge >= 0.3 is 5.97 Å². The van der Waals surface area contributed by atoms with Crippen molar-refractivity contribution in [3.05, 3.63) is 58.7 Å². The second-order valence-electron chi connectivity index (χ2n) is 12.8. The van der Waals surface area contributed by atoms with E-state index in [1.54, 1.807) is 19.1 Å². The second kappa shape index (κ2) is 12.9. The molecule has 2 saturated heterocycles. The molecular formula is C34H48O7. The number of aliphatic hydroxyl groups excluding tert-OH is 1. The van der Waals surface area contributed by atoms with E-state index in [-0.39, 0.29) is 35.9 Å². The van der Waals surface area contributed by atoms with Gasteiger partial charge in [0.2, 0.25) is 0 Å². The Kier molecular flexibility index (Phi) is 9.95. The van der Waals surface area contributed by atoms with Crippen molar-refractivity contribution in [2.45, 2.75) is 116 Å². The van der Waals surface area contributed by atoms with Crippen molar-refractivity contribution in [1.82, 2.24) is 0 Å². The predicted molar refractivity (Wildman–Crippen MR) is 158 cm³/mol. The quantitative estimate of drug-likeness (QED) is 0.327. The molecule has 7 nitrogen and oxygen atoms in total. The van der Waals surface area contributed by atoms with Gasteiger partial charge in [-0.2, -0.15) is 0 Å². The molecule has 4 aliphatic rings. The lowest BCUT2D eigenvalue weighted by molar-refractivity contribution is -0.329. The van der Waals surface area contributed by atoms with E-state index in [0.717, 1.165) is 18.4 Å². The fourth-order valence-electron chi connectivity index (χ4n) is 6.78. The van der Waals surface area contributed by atoms with E-state index in [4.69, 9.17) is 14.2 Å². The maximum atomic E-state index is 13.8. The van der Waals surface area contributed by atoms with E-state index in [2.05, 4.69) is 39.8 Å². The lowest BCUT2D eigenvalue weighted by Gasteiger charge is -2.50. The van der Waals surface area contributed by atoms with Gasteiger partial charge in [0.1, 0.15) is 17.6 Å². The number of Topliss-reactive ketones (excluding diaryl/α,β-unsaturated/α-hetero) is 1. The summed E-state index contributed by atoms with van der Waals surface area (Å²) in [5, 5.41) is 22.1. The molecule has 0 saturated carbocycles. The van der Waals surface area contributed by atoms with Crippen LogP contribution in [0.25, 0.3) is 0 Å². The van der Waals surface area contributed by atoms with Gasteiger partial charge < -0.3 is 24.4 Å². The number of esters is 1. The number of hydrogen-bond donors (Lipinski definition) is 2. The predicted octanol–water partition coefficient (Wildman–Crippen LogP) is 5.67. The Balaban J connectivity index is 1.73. The summed E-state index contributed by atoms with van der Waals surface area (Å²) in [6.45, 7) is 11.7. The van der Waals surface area contributed by atoms with Gasteiger partial charge in [0.05, 0.1) is 18.8 Å². The molecular weight excluding hydrogens is 520 g/mol. The molecule has 2 bridgehead atoms. The number of aliphatic hydroxyl groups is 2. The Hall–Kier alpha value is -2.32. The Labute approximate surface area is 245 Å². The third-order valence-electron chi connectivity index (χ3n) is 9.36. The molecule has 0 aromatic rings. The Morgan fingerprint density at radius 1 is 1.17 bits per heavy atom. The first kappa shape index (κ1) is 31.6. The zero-order valence-electron chi connectivity index (χ0n) is 25.5. The lowest BCUT2D eigenvalue weighted by Crippen LogP contribution is -2.55. The normalized spacial score (nSPS) is 39.4. The molecule has 1 spiro atoms. The van der Waals surface area contributed by atoms with Crippen molar-refractivity contribution in [3.8, 4) is 0 Å². The molecule has 0 aromatic heterocycles. The number of rotatable bonds is 2. The molecule has 41 heavy (non-hydrogen) atoms. The summed E-state index contributed by atoms with van der Waals surface area (Å²) in [4.78, 5) is 26.6. The highest BCUT2D eigenvalue weighted by molar-refractivity contribution is 5.99. The van der Waals surface area contributed by atoms with Crippen LogP contribution in [0.3, 0.4) is 0 Å². The first-order valence-electron chi connectivity index (χ1n) is 15.2. The summed E-state index contributed by atoms with van der Waals surface area (Å²) >= 11 is 0. The molecule has 0 aromatic carbocycles. The summed E-state index contributed by atoms with van der Waals surface area (Å²) in [7, 11) is 0. The number of ketones is 1. The zero-order chi connectivity index (χ0) is 29.9. The third kappa shape index (κ3) is 7.02. The highest BCUT2D eigenvalue weighted by Gasteiger charge is 2.52. The van der Waals surface area contributed by atoms with E-state index >= 15 is 0 Å². The summed E-state index contributed by atoms with van der Waals surface area (Å²) in [5.41, 5.74) is 1.13. The summed E-state index contributed by atoms with van der Waals surface area (Å²) in [6, 6.07) is 0. The van der Waals surface area contributed by atoms with Gasteiger partial charge in [-0.3, -0.25) is 9.59 Å². The van der Waals surface area contributed by atoms with Crippen LogP contribution in [0.2, 0.25) is 0 Å². The Bertz CT molecular complexity index is 1160. The van der Waals surface area contributed by atoms with E-state index in [0.29, 0.717) is 37.2 Å². The number of ether oxygens (including phenoxy) is 3. The van der Waals surface area contributed by atoms with Gasteiger partial charge in [-0.15, -0.1) is 0 Å². The maximum Gasteiger partial charge on any atom is 0.316 e. The molecule has 0 radical (unpaired) electrons. The van der Waals surface area contributed by atoms with E-state index in [1.807, 2.05) is 13.0 Å². The third-order valence-corrected chi connectivity index (χ3v) is 9.36. The van der Waals surface area contributed by atoms with Gasteiger partial charge in [-0.05, 0) is 75.5 Å². The molecule has 3 heterocycles. The number of hydrogen-bond acceptors (Lipinski definition) is 7.